The van der Waals surface area contributed by atoms with Gasteiger partial charge in [0.05, 0.1) is 0 Å². The number of carbonyl (C=O) groups excluding carboxylic acids is 1. The molecule has 4 aliphatic rings. The second-order valence-corrected chi connectivity index (χ2v) is 7.51. The van der Waals surface area contributed by atoms with Crippen LogP contribution in [0.15, 0.2) is 0 Å². The van der Waals surface area contributed by atoms with Crippen molar-refractivity contribution < 1.29 is 9.53 Å². The lowest BCUT2D eigenvalue weighted by molar-refractivity contribution is -0.148. The van der Waals surface area contributed by atoms with Gasteiger partial charge in [-0.2, -0.15) is 0 Å². The first kappa shape index (κ1) is 12.2. The molecule has 4 fully saturated rings. The van der Waals surface area contributed by atoms with Crippen LogP contribution in [0.5, 0.6) is 0 Å². The van der Waals surface area contributed by atoms with E-state index < -0.39 is 0 Å². The van der Waals surface area contributed by atoms with E-state index >= 15 is 0 Å². The third-order valence-electron chi connectivity index (χ3n) is 6.82. The zero-order chi connectivity index (χ0) is 13.0. The Bertz CT molecular complexity index is 373. The molecule has 4 saturated carbocycles. The summed E-state index contributed by atoms with van der Waals surface area (Å²) in [7, 11) is 0. The van der Waals surface area contributed by atoms with Crippen molar-refractivity contribution in [2.24, 2.45) is 35.5 Å². The maximum absolute atomic E-state index is 11.5. The Kier molecular flexibility index (Phi) is 2.89. The molecule has 4 rings (SSSR count). The third-order valence-corrected chi connectivity index (χ3v) is 6.82. The fourth-order valence-corrected chi connectivity index (χ4v) is 5.85. The Balaban J connectivity index is 1.42. The zero-order valence-corrected chi connectivity index (χ0v) is 12.0. The molecule has 0 heterocycles. The third kappa shape index (κ3) is 1.86. The molecule has 19 heavy (non-hydrogen) atoms. The first-order chi connectivity index (χ1) is 9.26. The van der Waals surface area contributed by atoms with Crippen molar-refractivity contribution in [1.82, 2.24) is 0 Å². The molecule has 0 N–H and O–H groups in total. The molecule has 0 radical (unpaired) electrons. The van der Waals surface area contributed by atoms with Crippen LogP contribution in [-0.4, -0.2) is 12.1 Å². The molecule has 0 aliphatic heterocycles. The van der Waals surface area contributed by atoms with Gasteiger partial charge in [-0.1, -0.05) is 26.2 Å². The number of carbonyl (C=O) groups is 1. The maximum atomic E-state index is 11.5. The van der Waals surface area contributed by atoms with Crippen LogP contribution in [0.4, 0.5) is 0 Å². The molecule has 0 aromatic carbocycles. The predicted molar refractivity (Wildman–Crippen MR) is 73.4 cm³/mol. The van der Waals surface area contributed by atoms with Crippen molar-refractivity contribution in [3.63, 3.8) is 0 Å². The molecular formula is C17H26O2. The Hall–Kier alpha value is -0.530. The molecule has 6 atom stereocenters. The van der Waals surface area contributed by atoms with Crippen molar-refractivity contribution in [3.05, 3.63) is 0 Å². The van der Waals surface area contributed by atoms with Gasteiger partial charge in [-0.15, -0.1) is 0 Å². The number of fused-ring (bicyclic) bond motifs is 5. The summed E-state index contributed by atoms with van der Waals surface area (Å²) in [6.07, 6.45) is 10.6. The van der Waals surface area contributed by atoms with Crippen molar-refractivity contribution >= 4 is 5.97 Å². The SMILES string of the molecule is CCC(=O)OC1CC2C3CC(C4CCC4)C(C3)C2C1. The summed E-state index contributed by atoms with van der Waals surface area (Å²) in [5.41, 5.74) is 0. The van der Waals surface area contributed by atoms with E-state index in [0.717, 1.165) is 35.5 Å². The van der Waals surface area contributed by atoms with E-state index in [1.54, 1.807) is 0 Å². The Labute approximate surface area is 116 Å². The highest BCUT2D eigenvalue weighted by molar-refractivity contribution is 5.69. The first-order valence-corrected chi connectivity index (χ1v) is 8.45. The van der Waals surface area contributed by atoms with Crippen molar-refractivity contribution in [1.29, 1.82) is 0 Å². The van der Waals surface area contributed by atoms with Crippen molar-refractivity contribution in [3.8, 4) is 0 Å². The average molecular weight is 262 g/mol. The van der Waals surface area contributed by atoms with Crippen LogP contribution in [0.1, 0.15) is 58.3 Å². The standard InChI is InChI=1S/C17H26O2/c1-2-17(18)19-12-8-14-11-6-13(10-4-3-5-10)15(7-11)16(14)9-12/h10-16H,2-9H2,1H3. The molecule has 0 amide bonds. The lowest BCUT2D eigenvalue weighted by Gasteiger charge is -2.40. The van der Waals surface area contributed by atoms with Gasteiger partial charge in [-0.05, 0) is 61.2 Å². The summed E-state index contributed by atoms with van der Waals surface area (Å²) in [5.74, 6) is 5.88. The summed E-state index contributed by atoms with van der Waals surface area (Å²) in [6.45, 7) is 1.90. The highest BCUT2D eigenvalue weighted by Crippen LogP contribution is 2.64. The molecular weight excluding hydrogens is 236 g/mol. The molecule has 106 valence electrons. The van der Waals surface area contributed by atoms with Crippen LogP contribution < -0.4 is 0 Å². The van der Waals surface area contributed by atoms with E-state index in [1.165, 1.54) is 44.9 Å². The summed E-state index contributed by atoms with van der Waals surface area (Å²) in [6, 6.07) is 0. The van der Waals surface area contributed by atoms with Crippen LogP contribution in [0, 0.1) is 35.5 Å². The molecule has 0 spiro atoms. The minimum absolute atomic E-state index is 0.00728. The lowest BCUT2D eigenvalue weighted by Crippen LogP contribution is -2.32. The molecule has 2 nitrogen and oxygen atoms in total. The minimum Gasteiger partial charge on any atom is -0.462 e. The van der Waals surface area contributed by atoms with Crippen molar-refractivity contribution in [2.45, 2.75) is 64.4 Å². The van der Waals surface area contributed by atoms with Gasteiger partial charge in [0.25, 0.3) is 0 Å². The number of hydrogen-bond acceptors (Lipinski definition) is 2. The van der Waals surface area contributed by atoms with Crippen LogP contribution in [0.2, 0.25) is 0 Å². The quantitative estimate of drug-likeness (QED) is 0.723. The average Bonchev–Trinajstić information content (AvgIpc) is 2.96. The summed E-state index contributed by atoms with van der Waals surface area (Å²) < 4.78 is 5.62. The van der Waals surface area contributed by atoms with E-state index in [9.17, 15) is 4.79 Å². The van der Waals surface area contributed by atoms with E-state index in [0.29, 0.717) is 6.42 Å². The lowest BCUT2D eigenvalue weighted by atomic mass is 9.65. The molecule has 2 heteroatoms. The second-order valence-electron chi connectivity index (χ2n) is 7.51. The van der Waals surface area contributed by atoms with Gasteiger partial charge in [0, 0.05) is 6.42 Å². The van der Waals surface area contributed by atoms with E-state index in [2.05, 4.69) is 0 Å². The van der Waals surface area contributed by atoms with Gasteiger partial charge < -0.3 is 4.74 Å². The number of esters is 1. The van der Waals surface area contributed by atoms with Gasteiger partial charge in [-0.25, -0.2) is 0 Å². The molecule has 4 aliphatic carbocycles. The first-order valence-electron chi connectivity index (χ1n) is 8.45. The normalized spacial score (nSPS) is 48.1. The minimum atomic E-state index is 0.00728. The van der Waals surface area contributed by atoms with Gasteiger partial charge >= 0.3 is 5.97 Å². The molecule has 6 unspecified atom stereocenters. The predicted octanol–water partition coefficient (Wildman–Crippen LogP) is 3.79. The maximum Gasteiger partial charge on any atom is 0.305 e. The fourth-order valence-electron chi connectivity index (χ4n) is 5.85. The second kappa shape index (κ2) is 4.49. The Morgan fingerprint density at radius 2 is 1.58 bits per heavy atom. The van der Waals surface area contributed by atoms with Gasteiger partial charge in [0.1, 0.15) is 6.10 Å². The monoisotopic (exact) mass is 262 g/mol. The highest BCUT2D eigenvalue weighted by atomic mass is 16.5. The van der Waals surface area contributed by atoms with E-state index in [-0.39, 0.29) is 12.1 Å². The number of ether oxygens (including phenoxy) is 1. The number of rotatable bonds is 3. The summed E-state index contributed by atoms with van der Waals surface area (Å²) in [5, 5.41) is 0. The van der Waals surface area contributed by atoms with Gasteiger partial charge in [0.15, 0.2) is 0 Å². The fraction of sp³-hybridized carbons (Fsp3) is 0.941. The van der Waals surface area contributed by atoms with Gasteiger partial charge in [0.2, 0.25) is 0 Å². The van der Waals surface area contributed by atoms with Crippen LogP contribution in [-0.2, 0) is 9.53 Å². The molecule has 0 aromatic rings. The summed E-state index contributed by atoms with van der Waals surface area (Å²) in [4.78, 5) is 11.5. The van der Waals surface area contributed by atoms with Crippen molar-refractivity contribution in [2.75, 3.05) is 0 Å². The highest BCUT2D eigenvalue weighted by Gasteiger charge is 2.58. The zero-order valence-electron chi connectivity index (χ0n) is 12.0. The van der Waals surface area contributed by atoms with Crippen LogP contribution >= 0.6 is 0 Å². The molecule has 0 saturated heterocycles. The number of hydrogen-bond donors (Lipinski definition) is 0. The molecule has 2 bridgehead atoms. The largest absolute Gasteiger partial charge is 0.462 e. The van der Waals surface area contributed by atoms with E-state index in [1.807, 2.05) is 6.92 Å². The van der Waals surface area contributed by atoms with Crippen LogP contribution in [0.3, 0.4) is 0 Å². The van der Waals surface area contributed by atoms with Crippen LogP contribution in [0.25, 0.3) is 0 Å². The topological polar surface area (TPSA) is 26.3 Å². The smallest absolute Gasteiger partial charge is 0.305 e. The van der Waals surface area contributed by atoms with E-state index in [4.69, 9.17) is 4.74 Å². The summed E-state index contributed by atoms with van der Waals surface area (Å²) >= 11 is 0. The Morgan fingerprint density at radius 3 is 2.26 bits per heavy atom. The molecule has 0 aromatic heterocycles. The van der Waals surface area contributed by atoms with Gasteiger partial charge in [-0.3, -0.25) is 4.79 Å². The Morgan fingerprint density at radius 1 is 0.947 bits per heavy atom.